The minimum Gasteiger partial charge on any atom is -0.491 e. The van der Waals surface area contributed by atoms with E-state index in [0.717, 1.165) is 29.7 Å². The predicted molar refractivity (Wildman–Crippen MR) is 102 cm³/mol. The maximum Gasteiger partial charge on any atom is 0.354 e. The van der Waals surface area contributed by atoms with E-state index in [9.17, 15) is 9.90 Å². The van der Waals surface area contributed by atoms with Crippen LogP contribution in [-0.4, -0.2) is 48.2 Å². The Labute approximate surface area is 154 Å². The molecule has 0 saturated heterocycles. The van der Waals surface area contributed by atoms with Gasteiger partial charge in [0.25, 0.3) is 0 Å². The first-order chi connectivity index (χ1) is 12.3. The molecule has 0 saturated carbocycles. The van der Waals surface area contributed by atoms with Gasteiger partial charge in [0.1, 0.15) is 5.69 Å². The molecule has 5 nitrogen and oxygen atoms in total. The van der Waals surface area contributed by atoms with Gasteiger partial charge < -0.3 is 14.7 Å². The quantitative estimate of drug-likeness (QED) is 0.639. The van der Waals surface area contributed by atoms with Gasteiger partial charge >= 0.3 is 5.97 Å². The van der Waals surface area contributed by atoms with Gasteiger partial charge in [-0.2, -0.15) is 0 Å². The number of aromatic nitrogens is 1. The Kier molecular flexibility index (Phi) is 6.76. The van der Waals surface area contributed by atoms with Gasteiger partial charge in [0.2, 0.25) is 0 Å². The highest BCUT2D eigenvalue weighted by atomic mass is 16.5. The Morgan fingerprint density at radius 2 is 1.85 bits per heavy atom. The van der Waals surface area contributed by atoms with Crippen LogP contribution in [0.15, 0.2) is 30.3 Å². The van der Waals surface area contributed by atoms with E-state index >= 15 is 0 Å². The summed E-state index contributed by atoms with van der Waals surface area (Å²) >= 11 is 0. The molecule has 5 heteroatoms. The van der Waals surface area contributed by atoms with Crippen LogP contribution in [0.1, 0.15) is 39.3 Å². The number of carboxylic acid groups (broad SMARTS) is 1. The highest BCUT2D eigenvalue weighted by Gasteiger charge is 2.10. The summed E-state index contributed by atoms with van der Waals surface area (Å²) in [6, 6.07) is 9.11. The number of carbonyl (C=O) groups is 1. The molecule has 0 amide bonds. The number of pyridine rings is 1. The van der Waals surface area contributed by atoms with Gasteiger partial charge in [-0.05, 0) is 75.7 Å². The average molecular weight is 352 g/mol. The number of hydrogen-bond donors (Lipinski definition) is 1. The number of ether oxygens (including phenoxy) is 1. The maximum atomic E-state index is 11.2. The van der Waals surface area contributed by atoms with E-state index < -0.39 is 5.97 Å². The topological polar surface area (TPSA) is 62.7 Å². The third kappa shape index (κ3) is 5.91. The summed E-state index contributed by atoms with van der Waals surface area (Å²) in [7, 11) is 4.01. The molecule has 1 N–H and O–H groups in total. The van der Waals surface area contributed by atoms with Gasteiger partial charge in [0, 0.05) is 12.1 Å². The second kappa shape index (κ2) is 9.02. The van der Waals surface area contributed by atoms with Gasteiger partial charge in [-0.3, -0.25) is 0 Å². The van der Waals surface area contributed by atoms with Crippen molar-refractivity contribution in [2.75, 3.05) is 27.2 Å². The monoisotopic (exact) mass is 352 g/mol. The molecule has 2 aromatic rings. The van der Waals surface area contributed by atoms with Gasteiger partial charge in [-0.15, -0.1) is 0 Å². The molecule has 0 fully saturated rings. The molecule has 136 valence electrons. The number of aryl methyl sites for hydroxylation is 2. The Morgan fingerprint density at radius 3 is 2.46 bits per heavy atom. The Morgan fingerprint density at radius 1 is 1.15 bits per heavy atom. The van der Waals surface area contributed by atoms with Crippen molar-refractivity contribution in [3.05, 3.63) is 58.4 Å². The standard InChI is InChI=1S/C21H24N2O3/c1-15-12-16(2)14-17(13-15)6-7-18-20(26-11-5-10-23(3)4)9-8-19(22-18)21(24)25/h8-9,12-14H,5,10-11H2,1-4H3,(H,24,25). The number of carboxylic acids is 1. The highest BCUT2D eigenvalue weighted by Crippen LogP contribution is 2.17. The average Bonchev–Trinajstić information content (AvgIpc) is 2.56. The van der Waals surface area contributed by atoms with E-state index in [2.05, 4.69) is 27.8 Å². The lowest BCUT2D eigenvalue weighted by Gasteiger charge is -2.11. The molecule has 0 radical (unpaired) electrons. The largest absolute Gasteiger partial charge is 0.491 e. The minimum absolute atomic E-state index is 0.0460. The molecule has 26 heavy (non-hydrogen) atoms. The van der Waals surface area contributed by atoms with Gasteiger partial charge in [0.15, 0.2) is 11.4 Å². The van der Waals surface area contributed by atoms with Crippen molar-refractivity contribution >= 4 is 5.97 Å². The Balaban J connectivity index is 2.27. The number of benzene rings is 1. The smallest absolute Gasteiger partial charge is 0.354 e. The van der Waals surface area contributed by atoms with Crippen molar-refractivity contribution in [3.8, 4) is 17.6 Å². The summed E-state index contributed by atoms with van der Waals surface area (Å²) in [6.07, 6.45) is 0.859. The fourth-order valence-electron chi connectivity index (χ4n) is 2.51. The first-order valence-electron chi connectivity index (χ1n) is 8.47. The maximum absolute atomic E-state index is 11.2. The molecular formula is C21H24N2O3. The van der Waals surface area contributed by atoms with Crippen molar-refractivity contribution in [3.63, 3.8) is 0 Å². The summed E-state index contributed by atoms with van der Waals surface area (Å²) in [5, 5.41) is 9.18. The number of hydrogen-bond acceptors (Lipinski definition) is 4. The zero-order chi connectivity index (χ0) is 19.1. The summed E-state index contributed by atoms with van der Waals surface area (Å²) in [6.45, 7) is 5.45. The molecule has 0 atom stereocenters. The van der Waals surface area contributed by atoms with Crippen LogP contribution in [0, 0.1) is 25.7 Å². The molecule has 0 aliphatic carbocycles. The van der Waals surface area contributed by atoms with E-state index in [1.54, 1.807) is 6.07 Å². The van der Waals surface area contributed by atoms with Gasteiger partial charge in [-0.1, -0.05) is 12.0 Å². The van der Waals surface area contributed by atoms with Gasteiger partial charge in [-0.25, -0.2) is 9.78 Å². The summed E-state index contributed by atoms with van der Waals surface area (Å²) in [4.78, 5) is 17.4. The van der Waals surface area contributed by atoms with Crippen LogP contribution in [-0.2, 0) is 0 Å². The fraction of sp³-hybridized carbons (Fsp3) is 0.333. The van der Waals surface area contributed by atoms with Crippen LogP contribution in [0.4, 0.5) is 0 Å². The molecule has 1 heterocycles. The number of rotatable bonds is 6. The minimum atomic E-state index is -1.08. The molecule has 2 rings (SSSR count). The van der Waals surface area contributed by atoms with Crippen molar-refractivity contribution in [1.82, 2.24) is 9.88 Å². The predicted octanol–water partition coefficient (Wildman–Crippen LogP) is 3.13. The third-order valence-electron chi connectivity index (χ3n) is 3.63. The zero-order valence-corrected chi connectivity index (χ0v) is 15.7. The first kappa shape index (κ1) is 19.5. The lowest BCUT2D eigenvalue weighted by Crippen LogP contribution is -2.16. The molecule has 0 unspecified atom stereocenters. The molecule has 1 aromatic heterocycles. The van der Waals surface area contributed by atoms with Crippen LogP contribution in [0.25, 0.3) is 0 Å². The van der Waals surface area contributed by atoms with Crippen molar-refractivity contribution < 1.29 is 14.6 Å². The molecular weight excluding hydrogens is 328 g/mol. The van der Waals surface area contributed by atoms with Crippen molar-refractivity contribution in [1.29, 1.82) is 0 Å². The lowest BCUT2D eigenvalue weighted by atomic mass is 10.1. The second-order valence-corrected chi connectivity index (χ2v) is 6.48. The third-order valence-corrected chi connectivity index (χ3v) is 3.63. The number of nitrogens with zero attached hydrogens (tertiary/aromatic N) is 2. The first-order valence-corrected chi connectivity index (χ1v) is 8.47. The fourth-order valence-corrected chi connectivity index (χ4v) is 2.51. The van der Waals surface area contributed by atoms with Crippen LogP contribution >= 0.6 is 0 Å². The van der Waals surface area contributed by atoms with E-state index in [0.29, 0.717) is 18.1 Å². The molecule has 1 aromatic carbocycles. The summed E-state index contributed by atoms with van der Waals surface area (Å²) in [5.74, 6) is 5.45. The van der Waals surface area contributed by atoms with E-state index in [4.69, 9.17) is 4.74 Å². The molecule has 0 aliphatic rings. The second-order valence-electron chi connectivity index (χ2n) is 6.48. The Bertz CT molecular complexity index is 828. The SMILES string of the molecule is Cc1cc(C)cc(C#Cc2nc(C(=O)O)ccc2OCCCN(C)C)c1. The zero-order valence-electron chi connectivity index (χ0n) is 15.7. The molecule has 0 spiro atoms. The van der Waals surface area contributed by atoms with Crippen LogP contribution in [0.2, 0.25) is 0 Å². The lowest BCUT2D eigenvalue weighted by molar-refractivity contribution is 0.0690. The summed E-state index contributed by atoms with van der Waals surface area (Å²) in [5.41, 5.74) is 3.41. The Hall–Kier alpha value is -2.84. The van der Waals surface area contributed by atoms with E-state index in [-0.39, 0.29) is 5.69 Å². The van der Waals surface area contributed by atoms with Crippen LogP contribution < -0.4 is 4.74 Å². The summed E-state index contributed by atoms with van der Waals surface area (Å²) < 4.78 is 5.77. The number of aromatic carboxylic acids is 1. The normalized spacial score (nSPS) is 10.3. The van der Waals surface area contributed by atoms with Crippen LogP contribution in [0.3, 0.4) is 0 Å². The van der Waals surface area contributed by atoms with E-state index in [1.807, 2.05) is 40.1 Å². The van der Waals surface area contributed by atoms with E-state index in [1.165, 1.54) is 6.07 Å². The molecule has 0 bridgehead atoms. The van der Waals surface area contributed by atoms with Crippen LogP contribution in [0.5, 0.6) is 5.75 Å². The van der Waals surface area contributed by atoms with Crippen molar-refractivity contribution in [2.45, 2.75) is 20.3 Å². The van der Waals surface area contributed by atoms with Gasteiger partial charge in [0.05, 0.1) is 6.61 Å². The highest BCUT2D eigenvalue weighted by molar-refractivity contribution is 5.85. The van der Waals surface area contributed by atoms with Crippen molar-refractivity contribution in [2.24, 2.45) is 0 Å². The molecule has 0 aliphatic heterocycles.